The fourth-order valence-electron chi connectivity index (χ4n) is 1.58. The molecule has 0 bridgehead atoms. The molecule has 2 rings (SSSR count). The number of hydrogen-bond acceptors (Lipinski definition) is 4. The molecule has 0 amide bonds. The molecule has 0 aliphatic heterocycles. The number of ether oxygens (including phenoxy) is 1. The van der Waals surface area contributed by atoms with Gasteiger partial charge in [0.25, 0.3) is 0 Å². The average Bonchev–Trinajstić information content (AvgIpc) is 2.56. The molecular formula is C10H13N3O2. The number of hydrogen-bond donors (Lipinski definition) is 2. The number of anilines is 1. The standard InChI is InChI=1S/C10H13N3O2/c1-15-10-8-6-7(11)2-3-9(8)13(12-10)4-5-14/h2-3,6,14H,4-5,11H2,1H3. The summed E-state index contributed by atoms with van der Waals surface area (Å²) in [6.45, 7) is 0.494. The molecule has 3 N–H and O–H groups in total. The first-order chi connectivity index (χ1) is 7.26. The summed E-state index contributed by atoms with van der Waals surface area (Å²) in [5.41, 5.74) is 7.27. The monoisotopic (exact) mass is 207 g/mol. The van der Waals surface area contributed by atoms with Crippen LogP contribution in [0.2, 0.25) is 0 Å². The van der Waals surface area contributed by atoms with E-state index in [-0.39, 0.29) is 6.61 Å². The van der Waals surface area contributed by atoms with Crippen molar-refractivity contribution in [1.29, 1.82) is 0 Å². The average molecular weight is 207 g/mol. The lowest BCUT2D eigenvalue weighted by atomic mass is 10.2. The maximum Gasteiger partial charge on any atom is 0.240 e. The minimum atomic E-state index is 0.0459. The number of nitrogens with two attached hydrogens (primary N) is 1. The van der Waals surface area contributed by atoms with E-state index in [4.69, 9.17) is 15.6 Å². The quantitative estimate of drug-likeness (QED) is 0.723. The predicted octanol–water partition coefficient (Wildman–Crippen LogP) is 0.619. The van der Waals surface area contributed by atoms with Crippen LogP contribution in [-0.2, 0) is 6.54 Å². The lowest BCUT2D eigenvalue weighted by Crippen LogP contribution is -2.03. The van der Waals surface area contributed by atoms with Crippen LogP contribution in [-0.4, -0.2) is 28.6 Å². The van der Waals surface area contributed by atoms with Crippen LogP contribution >= 0.6 is 0 Å². The minimum absolute atomic E-state index is 0.0459. The van der Waals surface area contributed by atoms with E-state index in [0.717, 1.165) is 10.9 Å². The Morgan fingerprint density at radius 3 is 3.00 bits per heavy atom. The van der Waals surface area contributed by atoms with Crippen LogP contribution in [0.4, 0.5) is 5.69 Å². The van der Waals surface area contributed by atoms with Gasteiger partial charge in [-0.25, -0.2) is 0 Å². The first kappa shape index (κ1) is 9.79. The second-order valence-corrected chi connectivity index (χ2v) is 3.23. The van der Waals surface area contributed by atoms with Gasteiger partial charge in [-0.3, -0.25) is 4.68 Å². The zero-order valence-corrected chi connectivity index (χ0v) is 8.47. The molecule has 5 heteroatoms. The molecule has 15 heavy (non-hydrogen) atoms. The number of methoxy groups -OCH3 is 1. The van der Waals surface area contributed by atoms with Gasteiger partial charge in [0.05, 0.1) is 31.2 Å². The van der Waals surface area contributed by atoms with Crippen molar-refractivity contribution < 1.29 is 9.84 Å². The highest BCUT2D eigenvalue weighted by Gasteiger charge is 2.10. The number of benzene rings is 1. The van der Waals surface area contributed by atoms with Crippen molar-refractivity contribution in [1.82, 2.24) is 9.78 Å². The molecule has 2 aromatic rings. The molecule has 1 aromatic carbocycles. The van der Waals surface area contributed by atoms with Gasteiger partial charge in [0.1, 0.15) is 0 Å². The Labute approximate surface area is 87.1 Å². The summed E-state index contributed by atoms with van der Waals surface area (Å²) in [4.78, 5) is 0. The van der Waals surface area contributed by atoms with E-state index in [2.05, 4.69) is 5.10 Å². The number of fused-ring (bicyclic) bond motifs is 1. The van der Waals surface area contributed by atoms with Crippen molar-refractivity contribution in [2.24, 2.45) is 0 Å². The number of aromatic nitrogens is 2. The number of aliphatic hydroxyl groups excluding tert-OH is 1. The van der Waals surface area contributed by atoms with Crippen LogP contribution in [0.5, 0.6) is 5.88 Å². The van der Waals surface area contributed by atoms with Crippen LogP contribution in [0.3, 0.4) is 0 Å². The molecule has 0 atom stereocenters. The lowest BCUT2D eigenvalue weighted by molar-refractivity contribution is 0.269. The van der Waals surface area contributed by atoms with Crippen molar-refractivity contribution in [2.75, 3.05) is 19.5 Å². The third-order valence-corrected chi connectivity index (χ3v) is 2.25. The van der Waals surface area contributed by atoms with E-state index >= 15 is 0 Å². The maximum atomic E-state index is 8.89. The Bertz CT molecular complexity index is 479. The van der Waals surface area contributed by atoms with Gasteiger partial charge in [0, 0.05) is 5.69 Å². The van der Waals surface area contributed by atoms with E-state index in [9.17, 15) is 0 Å². The van der Waals surface area contributed by atoms with Gasteiger partial charge >= 0.3 is 0 Å². The summed E-state index contributed by atoms with van der Waals surface area (Å²) in [6.07, 6.45) is 0. The molecule has 0 saturated heterocycles. The summed E-state index contributed by atoms with van der Waals surface area (Å²) in [6, 6.07) is 5.49. The summed E-state index contributed by atoms with van der Waals surface area (Å²) in [7, 11) is 1.56. The number of rotatable bonds is 3. The highest BCUT2D eigenvalue weighted by Crippen LogP contribution is 2.26. The van der Waals surface area contributed by atoms with E-state index in [1.54, 1.807) is 17.9 Å². The van der Waals surface area contributed by atoms with Gasteiger partial charge in [-0.2, -0.15) is 0 Å². The Kier molecular flexibility index (Phi) is 2.47. The predicted molar refractivity (Wildman–Crippen MR) is 57.8 cm³/mol. The minimum Gasteiger partial charge on any atom is -0.479 e. The number of nitrogens with zero attached hydrogens (tertiary/aromatic N) is 2. The van der Waals surface area contributed by atoms with E-state index in [0.29, 0.717) is 18.1 Å². The van der Waals surface area contributed by atoms with Crippen LogP contribution in [0.1, 0.15) is 0 Å². The molecule has 0 aliphatic rings. The summed E-state index contributed by atoms with van der Waals surface area (Å²) in [5, 5.41) is 14.0. The SMILES string of the molecule is COc1nn(CCO)c2ccc(N)cc12. The van der Waals surface area contributed by atoms with Gasteiger partial charge in [0.2, 0.25) is 5.88 Å². The van der Waals surface area contributed by atoms with E-state index < -0.39 is 0 Å². The molecule has 0 spiro atoms. The van der Waals surface area contributed by atoms with Crippen molar-refractivity contribution in [3.63, 3.8) is 0 Å². The third kappa shape index (κ3) is 1.61. The fourth-order valence-corrected chi connectivity index (χ4v) is 1.58. The molecule has 0 unspecified atom stereocenters. The van der Waals surface area contributed by atoms with Crippen LogP contribution in [0.25, 0.3) is 10.9 Å². The van der Waals surface area contributed by atoms with Gasteiger partial charge in [-0.1, -0.05) is 0 Å². The Morgan fingerprint density at radius 1 is 1.53 bits per heavy atom. The molecule has 0 saturated carbocycles. The van der Waals surface area contributed by atoms with Crippen molar-refractivity contribution >= 4 is 16.6 Å². The number of aliphatic hydroxyl groups is 1. The zero-order valence-electron chi connectivity index (χ0n) is 8.47. The van der Waals surface area contributed by atoms with Crippen molar-refractivity contribution in [3.05, 3.63) is 18.2 Å². The van der Waals surface area contributed by atoms with Gasteiger partial charge in [0.15, 0.2) is 0 Å². The van der Waals surface area contributed by atoms with Gasteiger partial charge in [-0.15, -0.1) is 5.10 Å². The Hall–Kier alpha value is -1.75. The first-order valence-electron chi connectivity index (χ1n) is 4.67. The maximum absolute atomic E-state index is 8.89. The summed E-state index contributed by atoms with van der Waals surface area (Å²) in [5.74, 6) is 0.533. The summed E-state index contributed by atoms with van der Waals surface area (Å²) >= 11 is 0. The lowest BCUT2D eigenvalue weighted by Gasteiger charge is -1.99. The fraction of sp³-hybridized carbons (Fsp3) is 0.300. The van der Waals surface area contributed by atoms with Crippen LogP contribution < -0.4 is 10.5 Å². The molecular weight excluding hydrogens is 194 g/mol. The molecule has 1 heterocycles. The van der Waals surface area contributed by atoms with E-state index in [1.807, 2.05) is 12.1 Å². The Balaban J connectivity index is 2.64. The highest BCUT2D eigenvalue weighted by atomic mass is 16.5. The summed E-state index contributed by atoms with van der Waals surface area (Å²) < 4.78 is 6.84. The molecule has 80 valence electrons. The molecule has 5 nitrogen and oxygen atoms in total. The molecule has 0 radical (unpaired) electrons. The van der Waals surface area contributed by atoms with Gasteiger partial charge < -0.3 is 15.6 Å². The largest absolute Gasteiger partial charge is 0.479 e. The highest BCUT2D eigenvalue weighted by molar-refractivity contribution is 5.87. The van der Waals surface area contributed by atoms with Crippen LogP contribution in [0.15, 0.2) is 18.2 Å². The molecule has 0 aliphatic carbocycles. The van der Waals surface area contributed by atoms with Crippen molar-refractivity contribution in [2.45, 2.75) is 6.54 Å². The zero-order chi connectivity index (χ0) is 10.8. The Morgan fingerprint density at radius 2 is 2.33 bits per heavy atom. The smallest absolute Gasteiger partial charge is 0.240 e. The normalized spacial score (nSPS) is 10.8. The second-order valence-electron chi connectivity index (χ2n) is 3.23. The van der Waals surface area contributed by atoms with E-state index in [1.165, 1.54) is 0 Å². The second kappa shape index (κ2) is 3.78. The first-order valence-corrected chi connectivity index (χ1v) is 4.67. The number of nitrogen functional groups attached to an aromatic ring is 1. The van der Waals surface area contributed by atoms with Crippen molar-refractivity contribution in [3.8, 4) is 5.88 Å². The third-order valence-electron chi connectivity index (χ3n) is 2.25. The topological polar surface area (TPSA) is 73.3 Å². The van der Waals surface area contributed by atoms with Gasteiger partial charge in [-0.05, 0) is 18.2 Å². The molecule has 1 aromatic heterocycles. The van der Waals surface area contributed by atoms with Crippen LogP contribution in [0, 0.1) is 0 Å². The molecule has 0 fully saturated rings.